The van der Waals surface area contributed by atoms with Gasteiger partial charge < -0.3 is 48.3 Å². The van der Waals surface area contributed by atoms with E-state index in [1.807, 2.05) is 97.1 Å². The van der Waals surface area contributed by atoms with Gasteiger partial charge in [0.2, 0.25) is 0 Å². The molecule has 0 aromatic heterocycles. The Hall–Kier alpha value is -19.0. The highest BCUT2D eigenvalue weighted by atomic mass is 19.1. The average Bonchev–Trinajstić information content (AvgIpc) is 0.715. The van der Waals surface area contributed by atoms with Crippen LogP contribution in [0.3, 0.4) is 0 Å². The van der Waals surface area contributed by atoms with Crippen LogP contribution in [0.2, 0.25) is 0 Å². The predicted octanol–water partition coefficient (Wildman–Crippen LogP) is 35.2. The Morgan fingerprint density at radius 1 is 0.194 bits per heavy atom. The third kappa shape index (κ3) is 16.9. The highest BCUT2D eigenvalue weighted by Crippen LogP contribution is 2.54. The van der Waals surface area contributed by atoms with E-state index >= 15 is 0 Å². The molecule has 0 radical (unpaired) electrons. The summed E-state index contributed by atoms with van der Waals surface area (Å²) in [5.74, 6) is -5.65. The second-order valence-electron chi connectivity index (χ2n) is 32.9. The van der Waals surface area contributed by atoms with Gasteiger partial charge in [0.05, 0.1) is 119 Å². The van der Waals surface area contributed by atoms with Crippen molar-refractivity contribution in [2.24, 2.45) is 0 Å². The molecule has 0 N–H and O–H groups in total. The normalized spacial score (nSPS) is 13.6. The van der Waals surface area contributed by atoms with Crippen LogP contribution in [0, 0.1) is 57.6 Å². The summed E-state index contributed by atoms with van der Waals surface area (Å²) in [5.41, 5.74) is 4.39. The van der Waals surface area contributed by atoms with Crippen LogP contribution in [0.15, 0.2) is 436 Å². The SMILES string of the molecule is [2H]c1c([2H])c(N(c2ccc(OC)cc2)c2ccc3ccc4c(N(c5ccc(OC)cc5)c5c([2H])c([2H])c(F)c([2H])c5[2H])ccc5ccc2c3c54)c([2H])c([2H])c1F.[2H]c1c([2H])c(N(c2cccc(C#N)c2)c2ccc3ccc4c(N(c5cccc(C#N)c5)c5c([2H])c([2H])c(F)c([2H])c5[2H])ccc5ccc2c3c54)c([2H])c([2H])c1F.[2H]c1c([2H])c(N(c2cccc(OC)c2)c2ccc3ccc4c(N(c5cccc(OC)c5)c5c([2H])c([2H])c(F)c([2H])c5[2H])ccc5ccc2c3c54)c([2H])c([2H])c1F. The molecule has 0 aliphatic heterocycles. The van der Waals surface area contributed by atoms with Crippen LogP contribution in [-0.2, 0) is 0 Å². The number of rotatable bonds is 22. The van der Waals surface area contributed by atoms with Crippen molar-refractivity contribution in [1.29, 1.82) is 10.5 Å². The minimum Gasteiger partial charge on any atom is -0.497 e. The molecule has 24 aromatic carbocycles. The quantitative estimate of drug-likeness (QED) is 0.0477. The number of nitriles is 2. The minimum atomic E-state index is -1.30. The smallest absolute Gasteiger partial charge is 0.123 e. The van der Waals surface area contributed by atoms with Crippen LogP contribution in [0.4, 0.5) is 129 Å². The lowest BCUT2D eigenvalue weighted by Gasteiger charge is -2.29. The molecule has 0 fully saturated rings. The second kappa shape index (κ2) is 38.4. The fourth-order valence-corrected chi connectivity index (χ4v) is 18.6. The van der Waals surface area contributed by atoms with E-state index in [-0.39, 0.29) is 45.3 Å². The Morgan fingerprint density at radius 2 is 0.382 bits per heavy atom. The van der Waals surface area contributed by atoms with Gasteiger partial charge in [0.15, 0.2) is 0 Å². The summed E-state index contributed by atoms with van der Waals surface area (Å²) < 4.78 is 317. The topological polar surface area (TPSA) is 104 Å². The van der Waals surface area contributed by atoms with Crippen molar-refractivity contribution in [3.8, 4) is 35.1 Å². The first-order valence-corrected chi connectivity index (χ1v) is 44.7. The first-order valence-electron chi connectivity index (χ1n) is 56.7. The highest BCUT2D eigenvalue weighted by molar-refractivity contribution is 6.31. The maximum absolute atomic E-state index is 14.9. The summed E-state index contributed by atoms with van der Waals surface area (Å²) in [7, 11) is 6.02. The van der Waals surface area contributed by atoms with Crippen molar-refractivity contribution in [3.63, 3.8) is 0 Å². The second-order valence-corrected chi connectivity index (χ2v) is 32.9. The zero-order valence-electron chi connectivity index (χ0n) is 100. The van der Waals surface area contributed by atoms with E-state index in [2.05, 4.69) is 12.1 Å². The molecule has 0 unspecified atom stereocenters. The molecule has 0 aliphatic carbocycles. The van der Waals surface area contributed by atoms with Gasteiger partial charge in [0.25, 0.3) is 0 Å². The fraction of sp³-hybridized carbons (Fsp3) is 0.0317. The number of ether oxygens (including phenoxy) is 4. The summed E-state index contributed by atoms with van der Waals surface area (Å²) in [4.78, 5) is 9.19. The van der Waals surface area contributed by atoms with Crippen LogP contribution in [0.25, 0.3) is 97.0 Å². The third-order valence-corrected chi connectivity index (χ3v) is 24.9. The van der Waals surface area contributed by atoms with E-state index < -0.39 is 180 Å². The molecular formula is C126H84F6N8O4. The molecule has 0 atom stereocenters. The zero-order chi connectivity index (χ0) is 119. The molecule has 0 saturated heterocycles. The van der Waals surface area contributed by atoms with Gasteiger partial charge in [-0.2, -0.15) is 10.5 Å². The van der Waals surface area contributed by atoms with E-state index in [4.69, 9.17) is 51.8 Å². The standard InChI is InChI=1S/C42H24F2N4.2C42H30F2N2O2/c43-31-11-15-33(16-12-31)47(35-5-1-3-27(23-35)25-45)39-21-9-29-8-20-38-40(22-10-30-7-19-37(39)41(29)42(30)38)48(34-17-13-32(44)14-18-34)36-6-2-4-28(24-36)26-46;1-47-35-19-15-33(16-20-35)45(31-11-7-29(43)8-12-31)39-25-5-27-4-24-38-40(26-6-28-3-23-37(39)41(27)42(28)38)46(32-13-9-30(44)10-14-32)34-17-21-36(48-2)22-18-34;1-47-35-7-3-5-33(25-35)45(31-17-13-29(43)14-18-31)39-23-11-27-10-22-38-40(24-12-28-9-21-37(39)41(27)42(28)38)46(32-19-15-30(44)16-20-32)34-6-4-8-36(26-34)48-2/h1-24H;2*3-26H,1-2H3/i11D,12D,13D,14D,15D,16D,17D,18D;7D,8D,9D,10D,11D,12D,13D,14D;13D,14D,15D,16D,17D,18D,19D,20D. The minimum absolute atomic E-state index is 0.160. The van der Waals surface area contributed by atoms with E-state index in [9.17, 15) is 36.9 Å². The summed E-state index contributed by atoms with van der Waals surface area (Å²) in [6.45, 7) is 0. The van der Waals surface area contributed by atoms with Gasteiger partial charge in [-0.3, -0.25) is 0 Å². The molecule has 0 bridgehead atoms. The largest absolute Gasteiger partial charge is 0.497 e. The van der Waals surface area contributed by atoms with Crippen LogP contribution >= 0.6 is 0 Å². The van der Waals surface area contributed by atoms with Gasteiger partial charge in [-0.15, -0.1) is 0 Å². The van der Waals surface area contributed by atoms with E-state index in [1.54, 1.807) is 202 Å². The monoisotopic (exact) mass is 1910 g/mol. The first-order chi connectivity index (χ1) is 80.6. The van der Waals surface area contributed by atoms with Gasteiger partial charge in [0.1, 0.15) is 57.9 Å². The Labute approximate surface area is 859 Å². The molecule has 0 saturated carbocycles. The molecule has 0 spiro atoms. The molecule has 144 heavy (non-hydrogen) atoms. The number of anilines is 18. The molecule has 24 aromatic rings. The maximum atomic E-state index is 14.9. The predicted molar refractivity (Wildman–Crippen MR) is 574 cm³/mol. The highest BCUT2D eigenvalue weighted by Gasteiger charge is 2.29. The number of hydrogen-bond acceptors (Lipinski definition) is 12. The van der Waals surface area contributed by atoms with Crippen LogP contribution < -0.4 is 48.3 Å². The van der Waals surface area contributed by atoms with Gasteiger partial charge in [-0.05, 0) is 355 Å². The summed E-state index contributed by atoms with van der Waals surface area (Å²) in [6, 6.07) is 71.3. The Morgan fingerprint density at radius 3 is 0.583 bits per heavy atom. The van der Waals surface area contributed by atoms with Crippen molar-refractivity contribution in [3.05, 3.63) is 482 Å². The number of nitrogens with zero attached hydrogens (tertiary/aromatic N) is 8. The van der Waals surface area contributed by atoms with E-state index in [1.165, 1.54) is 50.4 Å². The molecule has 12 nitrogen and oxygen atoms in total. The van der Waals surface area contributed by atoms with Crippen molar-refractivity contribution >= 4 is 199 Å². The molecule has 24 rings (SSSR count). The molecule has 18 heteroatoms. The lowest BCUT2D eigenvalue weighted by Crippen LogP contribution is -2.12. The lowest BCUT2D eigenvalue weighted by atomic mass is 9.91. The van der Waals surface area contributed by atoms with Gasteiger partial charge in [-0.25, -0.2) is 26.3 Å². The summed E-state index contributed by atoms with van der Waals surface area (Å²) in [5, 5.41) is 32.4. The zero-order valence-corrected chi connectivity index (χ0v) is 76.2. The Bertz CT molecular complexity index is 9920. The molecule has 0 heterocycles. The van der Waals surface area contributed by atoms with Crippen molar-refractivity contribution in [2.45, 2.75) is 0 Å². The number of methoxy groups -OCH3 is 4. The van der Waals surface area contributed by atoms with Crippen LogP contribution in [0.1, 0.15) is 44.0 Å². The Kier molecular flexibility index (Phi) is 17.7. The summed E-state index contributed by atoms with van der Waals surface area (Å²) >= 11 is 0. The van der Waals surface area contributed by atoms with Gasteiger partial charge >= 0.3 is 0 Å². The van der Waals surface area contributed by atoms with Crippen molar-refractivity contribution in [2.75, 3.05) is 57.8 Å². The van der Waals surface area contributed by atoms with Crippen LogP contribution in [0.5, 0.6) is 23.0 Å². The lowest BCUT2D eigenvalue weighted by molar-refractivity contribution is 0.414. The van der Waals surface area contributed by atoms with Crippen LogP contribution in [-0.4, -0.2) is 28.4 Å². The Balaban J connectivity index is 0.000000139. The molecular weight excluding hydrogens is 1800 g/mol. The van der Waals surface area contributed by atoms with Crippen molar-refractivity contribution < 1.29 is 78.2 Å². The number of benzene rings is 24. The van der Waals surface area contributed by atoms with Crippen molar-refractivity contribution in [1.82, 2.24) is 0 Å². The fourth-order valence-electron chi connectivity index (χ4n) is 18.6. The van der Waals surface area contributed by atoms with E-state index in [0.717, 1.165) is 53.9 Å². The van der Waals surface area contributed by atoms with Gasteiger partial charge in [-0.1, -0.05) is 133 Å². The maximum Gasteiger partial charge on any atom is 0.123 e. The van der Waals surface area contributed by atoms with Gasteiger partial charge in [0, 0.05) is 113 Å². The molecule has 0 aliphatic rings. The molecule has 694 valence electrons. The third-order valence-electron chi connectivity index (χ3n) is 24.9. The first kappa shape index (κ1) is 66.5. The summed E-state index contributed by atoms with van der Waals surface area (Å²) in [6.07, 6.45) is 0. The average molecular weight is 1910 g/mol. The van der Waals surface area contributed by atoms with E-state index in [0.29, 0.717) is 134 Å². The number of hydrogen-bond donors (Lipinski definition) is 0. The number of halogens is 6. The molecule has 0 amide bonds.